The molecule has 0 atom stereocenters. The van der Waals surface area contributed by atoms with E-state index < -0.39 is 0 Å². The van der Waals surface area contributed by atoms with Gasteiger partial charge < -0.3 is 9.73 Å². The number of carbonyl (C=O) groups excluding carboxylic acids is 1. The number of halogens is 1. The van der Waals surface area contributed by atoms with E-state index in [0.717, 1.165) is 21.3 Å². The summed E-state index contributed by atoms with van der Waals surface area (Å²) in [4.78, 5) is 12.0. The number of nitrogens with zero attached hydrogens (tertiary/aromatic N) is 2. The van der Waals surface area contributed by atoms with E-state index in [1.807, 2.05) is 55.5 Å². The first kappa shape index (κ1) is 16.4. The predicted molar refractivity (Wildman–Crippen MR) is 95.6 cm³/mol. The van der Waals surface area contributed by atoms with Crippen LogP contribution in [-0.2, 0) is 11.2 Å². The fourth-order valence-electron chi connectivity index (χ4n) is 2.26. The molecule has 1 N–H and O–H groups in total. The lowest BCUT2D eigenvalue weighted by Gasteiger charge is -2.04. The predicted octanol–water partition coefficient (Wildman–Crippen LogP) is 4.38. The third-order valence-corrected chi connectivity index (χ3v) is 3.90. The van der Waals surface area contributed by atoms with Crippen LogP contribution in [-0.4, -0.2) is 16.1 Å². The highest BCUT2D eigenvalue weighted by Gasteiger charge is 2.11. The van der Waals surface area contributed by atoms with E-state index in [2.05, 4.69) is 31.4 Å². The molecule has 0 aliphatic heterocycles. The van der Waals surface area contributed by atoms with Gasteiger partial charge in [-0.2, -0.15) is 0 Å². The summed E-state index contributed by atoms with van der Waals surface area (Å²) in [6.45, 7) is 2.01. The van der Waals surface area contributed by atoms with Gasteiger partial charge in [0.25, 0.3) is 0 Å². The van der Waals surface area contributed by atoms with E-state index in [0.29, 0.717) is 18.2 Å². The van der Waals surface area contributed by atoms with E-state index in [-0.39, 0.29) is 12.3 Å². The van der Waals surface area contributed by atoms with Crippen LogP contribution < -0.4 is 5.32 Å². The minimum atomic E-state index is -0.0941. The number of hydrogen-bond acceptors (Lipinski definition) is 4. The number of anilines is 1. The van der Waals surface area contributed by atoms with Crippen LogP contribution in [0.3, 0.4) is 0 Å². The standard InChI is InChI=1S/C18H16BrN3O2/c1-12-4-2-5-13(10-12)18-22-21-17(24-18)9-8-16(23)20-15-7-3-6-14(19)11-15/h2-7,10-11H,8-9H2,1H3,(H,20,23). The summed E-state index contributed by atoms with van der Waals surface area (Å²) >= 11 is 3.37. The molecule has 0 saturated carbocycles. The van der Waals surface area contributed by atoms with Crippen molar-refractivity contribution >= 4 is 27.5 Å². The molecule has 6 heteroatoms. The molecule has 0 aliphatic carbocycles. The Labute approximate surface area is 148 Å². The third-order valence-electron chi connectivity index (χ3n) is 3.41. The second kappa shape index (κ2) is 7.40. The largest absolute Gasteiger partial charge is 0.421 e. The summed E-state index contributed by atoms with van der Waals surface area (Å²) in [6.07, 6.45) is 0.681. The van der Waals surface area contributed by atoms with E-state index in [9.17, 15) is 4.79 Å². The Bertz CT molecular complexity index is 861. The normalized spacial score (nSPS) is 10.6. The first-order chi connectivity index (χ1) is 11.6. The monoisotopic (exact) mass is 385 g/mol. The molecule has 0 fully saturated rings. The molecule has 122 valence electrons. The Kier molecular flexibility index (Phi) is 5.05. The maximum absolute atomic E-state index is 12.0. The number of nitrogens with one attached hydrogen (secondary N) is 1. The van der Waals surface area contributed by atoms with Crippen molar-refractivity contribution in [3.05, 3.63) is 64.5 Å². The zero-order valence-corrected chi connectivity index (χ0v) is 14.7. The topological polar surface area (TPSA) is 68.0 Å². The smallest absolute Gasteiger partial charge is 0.247 e. The Balaban J connectivity index is 1.58. The Hall–Kier alpha value is -2.47. The lowest BCUT2D eigenvalue weighted by atomic mass is 10.1. The summed E-state index contributed by atoms with van der Waals surface area (Å²) in [5, 5.41) is 10.9. The zero-order chi connectivity index (χ0) is 16.9. The van der Waals surface area contributed by atoms with Gasteiger partial charge in [-0.05, 0) is 37.3 Å². The zero-order valence-electron chi connectivity index (χ0n) is 13.1. The van der Waals surface area contributed by atoms with Crippen molar-refractivity contribution in [2.45, 2.75) is 19.8 Å². The Morgan fingerprint density at radius 2 is 2.00 bits per heavy atom. The highest BCUT2D eigenvalue weighted by molar-refractivity contribution is 9.10. The molecule has 0 bridgehead atoms. The molecule has 2 aromatic carbocycles. The molecular formula is C18H16BrN3O2. The van der Waals surface area contributed by atoms with Gasteiger partial charge in [-0.3, -0.25) is 4.79 Å². The molecule has 1 amide bonds. The number of carbonyl (C=O) groups is 1. The molecule has 0 saturated heterocycles. The summed E-state index contributed by atoms with van der Waals surface area (Å²) in [7, 11) is 0. The summed E-state index contributed by atoms with van der Waals surface area (Å²) in [5.41, 5.74) is 2.76. The van der Waals surface area contributed by atoms with Gasteiger partial charge in [0.15, 0.2) is 0 Å². The van der Waals surface area contributed by atoms with Crippen molar-refractivity contribution in [2.24, 2.45) is 0 Å². The number of benzene rings is 2. The van der Waals surface area contributed by atoms with E-state index in [4.69, 9.17) is 4.42 Å². The van der Waals surface area contributed by atoms with Crippen LogP contribution in [0.15, 0.2) is 57.4 Å². The van der Waals surface area contributed by atoms with Gasteiger partial charge >= 0.3 is 0 Å². The number of amides is 1. The molecule has 0 spiro atoms. The van der Waals surface area contributed by atoms with Crippen LogP contribution in [0.1, 0.15) is 17.9 Å². The third kappa shape index (κ3) is 4.29. The van der Waals surface area contributed by atoms with Gasteiger partial charge in [-0.1, -0.05) is 39.7 Å². The molecule has 5 nitrogen and oxygen atoms in total. The first-order valence-electron chi connectivity index (χ1n) is 7.55. The number of aromatic nitrogens is 2. The molecule has 1 heterocycles. The van der Waals surface area contributed by atoms with Crippen molar-refractivity contribution in [1.29, 1.82) is 0 Å². The molecule has 3 aromatic rings. The van der Waals surface area contributed by atoms with Gasteiger partial charge in [-0.15, -0.1) is 10.2 Å². The minimum Gasteiger partial charge on any atom is -0.421 e. The van der Waals surface area contributed by atoms with Crippen LogP contribution in [0.5, 0.6) is 0 Å². The molecule has 24 heavy (non-hydrogen) atoms. The lowest BCUT2D eigenvalue weighted by Crippen LogP contribution is -2.12. The summed E-state index contributed by atoms with van der Waals surface area (Å²) in [6, 6.07) is 15.3. The molecular weight excluding hydrogens is 370 g/mol. The quantitative estimate of drug-likeness (QED) is 0.707. The second-order valence-corrected chi connectivity index (χ2v) is 6.34. The SMILES string of the molecule is Cc1cccc(-c2nnc(CCC(=O)Nc3cccc(Br)c3)o2)c1. The molecule has 0 radical (unpaired) electrons. The first-order valence-corrected chi connectivity index (χ1v) is 8.34. The number of aryl methyl sites for hydroxylation is 2. The van der Waals surface area contributed by atoms with Crippen molar-refractivity contribution < 1.29 is 9.21 Å². The van der Waals surface area contributed by atoms with E-state index in [1.165, 1.54) is 0 Å². The molecule has 1 aromatic heterocycles. The maximum atomic E-state index is 12.0. The van der Waals surface area contributed by atoms with Gasteiger partial charge in [0, 0.05) is 28.6 Å². The van der Waals surface area contributed by atoms with E-state index in [1.54, 1.807) is 0 Å². The van der Waals surface area contributed by atoms with Crippen molar-refractivity contribution in [1.82, 2.24) is 10.2 Å². The van der Waals surface area contributed by atoms with Crippen molar-refractivity contribution in [2.75, 3.05) is 5.32 Å². The molecule has 0 unspecified atom stereocenters. The van der Waals surface area contributed by atoms with Crippen LogP contribution in [0.2, 0.25) is 0 Å². The number of rotatable bonds is 5. The fourth-order valence-corrected chi connectivity index (χ4v) is 2.66. The lowest BCUT2D eigenvalue weighted by molar-refractivity contribution is -0.116. The Morgan fingerprint density at radius 1 is 1.17 bits per heavy atom. The van der Waals surface area contributed by atoms with Gasteiger partial charge in [0.05, 0.1) is 0 Å². The maximum Gasteiger partial charge on any atom is 0.247 e. The number of hydrogen-bond donors (Lipinski definition) is 1. The van der Waals surface area contributed by atoms with Gasteiger partial charge in [-0.25, -0.2) is 0 Å². The molecule has 3 rings (SSSR count). The van der Waals surface area contributed by atoms with Gasteiger partial charge in [0.1, 0.15) is 0 Å². The highest BCUT2D eigenvalue weighted by atomic mass is 79.9. The average molecular weight is 386 g/mol. The summed E-state index contributed by atoms with van der Waals surface area (Å²) in [5.74, 6) is 0.834. The van der Waals surface area contributed by atoms with Crippen LogP contribution >= 0.6 is 15.9 Å². The average Bonchev–Trinajstić information content (AvgIpc) is 3.02. The van der Waals surface area contributed by atoms with Gasteiger partial charge in [0.2, 0.25) is 17.7 Å². The van der Waals surface area contributed by atoms with Crippen LogP contribution in [0.4, 0.5) is 5.69 Å². The highest BCUT2D eigenvalue weighted by Crippen LogP contribution is 2.20. The van der Waals surface area contributed by atoms with Crippen LogP contribution in [0.25, 0.3) is 11.5 Å². The van der Waals surface area contributed by atoms with Crippen molar-refractivity contribution in [3.8, 4) is 11.5 Å². The Morgan fingerprint density at radius 3 is 2.79 bits per heavy atom. The minimum absolute atomic E-state index is 0.0941. The van der Waals surface area contributed by atoms with E-state index >= 15 is 0 Å². The summed E-state index contributed by atoms with van der Waals surface area (Å²) < 4.78 is 6.55. The second-order valence-electron chi connectivity index (χ2n) is 5.43. The van der Waals surface area contributed by atoms with Crippen molar-refractivity contribution in [3.63, 3.8) is 0 Å². The molecule has 0 aliphatic rings. The fraction of sp³-hybridized carbons (Fsp3) is 0.167. The van der Waals surface area contributed by atoms with Crippen LogP contribution in [0, 0.1) is 6.92 Å².